The van der Waals surface area contributed by atoms with Gasteiger partial charge in [-0.05, 0) is 36.4 Å². The predicted molar refractivity (Wildman–Crippen MR) is 81.5 cm³/mol. The van der Waals surface area contributed by atoms with Gasteiger partial charge in [-0.3, -0.25) is 0 Å². The number of nitrogens with zero attached hydrogens (tertiary/aromatic N) is 1. The van der Waals surface area contributed by atoms with E-state index in [1.54, 1.807) is 18.2 Å². The molecule has 1 atom stereocenters. The zero-order valence-electron chi connectivity index (χ0n) is 12.2. The predicted octanol–water partition coefficient (Wildman–Crippen LogP) is 3.43. The number of sulfonamides is 1. The SMILES string of the molecule is C[S@@](=O)(=NS(=O)(=O)c1ccc(OC(F)(F)F)cc1)c1ccccc1. The Balaban J connectivity index is 2.37. The Bertz CT molecular complexity index is 930. The van der Waals surface area contributed by atoms with Gasteiger partial charge in [-0.15, -0.1) is 16.9 Å². The van der Waals surface area contributed by atoms with Crippen LogP contribution in [-0.2, 0) is 19.8 Å². The molecule has 0 aromatic heterocycles. The van der Waals surface area contributed by atoms with E-state index in [1.165, 1.54) is 18.4 Å². The summed E-state index contributed by atoms with van der Waals surface area (Å²) in [4.78, 5) is -0.159. The molecule has 0 bridgehead atoms. The summed E-state index contributed by atoms with van der Waals surface area (Å²) >= 11 is 0. The average Bonchev–Trinajstić information content (AvgIpc) is 2.46. The molecule has 0 saturated heterocycles. The van der Waals surface area contributed by atoms with Crippen molar-refractivity contribution in [2.24, 2.45) is 3.77 Å². The van der Waals surface area contributed by atoms with E-state index in [0.717, 1.165) is 24.3 Å². The topological polar surface area (TPSA) is 72.8 Å². The van der Waals surface area contributed by atoms with Crippen LogP contribution in [0.4, 0.5) is 13.2 Å². The maximum atomic E-state index is 12.5. The maximum Gasteiger partial charge on any atom is 0.573 e. The van der Waals surface area contributed by atoms with Crippen molar-refractivity contribution >= 4 is 19.8 Å². The molecule has 0 aliphatic heterocycles. The number of hydrogen-bond acceptors (Lipinski definition) is 4. The minimum Gasteiger partial charge on any atom is -0.406 e. The molecular formula is C14H12F3NO4S2. The Labute approximate surface area is 137 Å². The molecule has 5 nitrogen and oxygen atoms in total. The van der Waals surface area contributed by atoms with Gasteiger partial charge in [0.15, 0.2) is 0 Å². The van der Waals surface area contributed by atoms with E-state index in [1.807, 2.05) is 0 Å². The van der Waals surface area contributed by atoms with E-state index in [2.05, 4.69) is 8.50 Å². The van der Waals surface area contributed by atoms with Crippen molar-refractivity contribution in [2.75, 3.05) is 6.26 Å². The van der Waals surface area contributed by atoms with Crippen molar-refractivity contribution in [3.63, 3.8) is 0 Å². The zero-order valence-corrected chi connectivity index (χ0v) is 13.9. The van der Waals surface area contributed by atoms with Crippen LogP contribution in [0.5, 0.6) is 5.75 Å². The Morgan fingerprint density at radius 2 is 1.42 bits per heavy atom. The monoisotopic (exact) mass is 379 g/mol. The van der Waals surface area contributed by atoms with E-state index < -0.39 is 31.9 Å². The molecule has 0 fully saturated rings. The summed E-state index contributed by atoms with van der Waals surface area (Å²) in [7, 11) is -7.54. The molecule has 0 spiro atoms. The van der Waals surface area contributed by atoms with Crippen LogP contribution in [0.2, 0.25) is 0 Å². The van der Waals surface area contributed by atoms with Gasteiger partial charge in [0.05, 0.1) is 14.6 Å². The Morgan fingerprint density at radius 1 is 0.875 bits per heavy atom. The highest BCUT2D eigenvalue weighted by atomic mass is 32.3. The smallest absolute Gasteiger partial charge is 0.406 e. The van der Waals surface area contributed by atoms with Gasteiger partial charge in [0, 0.05) is 11.2 Å². The first-order chi connectivity index (χ1) is 11.0. The molecule has 2 aromatic carbocycles. The molecule has 0 aliphatic rings. The number of hydrogen-bond donors (Lipinski definition) is 0. The van der Waals surface area contributed by atoms with E-state index in [-0.39, 0.29) is 9.79 Å². The molecule has 0 amide bonds. The average molecular weight is 379 g/mol. The first kappa shape index (κ1) is 18.3. The second-order valence-electron chi connectivity index (χ2n) is 4.68. The highest BCUT2D eigenvalue weighted by Gasteiger charge is 2.31. The quantitative estimate of drug-likeness (QED) is 0.816. The number of benzene rings is 2. The van der Waals surface area contributed by atoms with Crippen LogP contribution in [0.3, 0.4) is 0 Å². The van der Waals surface area contributed by atoms with Crippen LogP contribution in [0.1, 0.15) is 0 Å². The fraction of sp³-hybridized carbons (Fsp3) is 0.143. The summed E-state index contributed by atoms with van der Waals surface area (Å²) in [5, 5.41) is 0. The lowest BCUT2D eigenvalue weighted by Crippen LogP contribution is -2.17. The van der Waals surface area contributed by atoms with Crippen LogP contribution in [0.25, 0.3) is 0 Å². The van der Waals surface area contributed by atoms with Crippen molar-refractivity contribution in [3.05, 3.63) is 54.6 Å². The van der Waals surface area contributed by atoms with Crippen LogP contribution < -0.4 is 4.74 Å². The Kier molecular flexibility index (Phi) is 4.90. The summed E-state index contributed by atoms with van der Waals surface area (Å²) in [6, 6.07) is 11.3. The van der Waals surface area contributed by atoms with Gasteiger partial charge in [-0.2, -0.15) is 8.42 Å². The standard InChI is InChI=1S/C14H12F3NO4S2/c1-23(19,12-5-3-2-4-6-12)18-24(20,21)13-9-7-11(8-10-13)22-14(15,16)17/h2-10H,1H3/t23-/m0/s1. The lowest BCUT2D eigenvalue weighted by molar-refractivity contribution is -0.274. The van der Waals surface area contributed by atoms with Crippen LogP contribution >= 0.6 is 0 Å². The van der Waals surface area contributed by atoms with Crippen molar-refractivity contribution < 1.29 is 30.5 Å². The lowest BCUT2D eigenvalue weighted by Gasteiger charge is -2.09. The molecular weight excluding hydrogens is 367 g/mol. The van der Waals surface area contributed by atoms with Crippen molar-refractivity contribution in [1.82, 2.24) is 0 Å². The highest BCUT2D eigenvalue weighted by Crippen LogP contribution is 2.25. The minimum absolute atomic E-state index is 0.227. The molecule has 2 rings (SSSR count). The second-order valence-corrected chi connectivity index (χ2v) is 8.78. The molecule has 10 heteroatoms. The zero-order chi connectivity index (χ0) is 18.0. The van der Waals surface area contributed by atoms with Crippen LogP contribution in [0.15, 0.2) is 68.2 Å². The molecule has 0 unspecified atom stereocenters. The number of halogens is 3. The third kappa shape index (κ3) is 4.71. The first-order valence-corrected chi connectivity index (χ1v) is 9.75. The highest BCUT2D eigenvalue weighted by molar-refractivity contribution is 8.03. The molecule has 0 aliphatic carbocycles. The fourth-order valence-electron chi connectivity index (χ4n) is 1.76. The molecule has 0 N–H and O–H groups in total. The van der Waals surface area contributed by atoms with Crippen molar-refractivity contribution in [1.29, 1.82) is 0 Å². The van der Waals surface area contributed by atoms with Gasteiger partial charge in [0.1, 0.15) is 5.75 Å². The van der Waals surface area contributed by atoms with Gasteiger partial charge < -0.3 is 4.74 Å². The van der Waals surface area contributed by atoms with Crippen molar-refractivity contribution in [2.45, 2.75) is 16.2 Å². The van der Waals surface area contributed by atoms with Crippen LogP contribution in [0, 0.1) is 0 Å². The molecule has 130 valence electrons. The summed E-state index contributed by atoms with van der Waals surface area (Å²) in [5.41, 5.74) is 0. The molecule has 0 heterocycles. The summed E-state index contributed by atoms with van der Waals surface area (Å²) < 4.78 is 80.3. The molecule has 24 heavy (non-hydrogen) atoms. The number of rotatable bonds is 4. The largest absolute Gasteiger partial charge is 0.573 e. The van der Waals surface area contributed by atoms with E-state index >= 15 is 0 Å². The number of alkyl halides is 3. The van der Waals surface area contributed by atoms with Crippen LogP contribution in [-0.4, -0.2) is 25.2 Å². The Hall–Kier alpha value is -2.07. The van der Waals surface area contributed by atoms with E-state index in [9.17, 15) is 25.8 Å². The summed E-state index contributed by atoms with van der Waals surface area (Å²) in [5.74, 6) is -0.568. The maximum absolute atomic E-state index is 12.5. The fourth-order valence-corrected chi connectivity index (χ4v) is 5.09. The van der Waals surface area contributed by atoms with E-state index in [4.69, 9.17) is 0 Å². The normalized spacial score (nSPS) is 14.7. The summed E-state index contributed by atoms with van der Waals surface area (Å²) in [6.07, 6.45) is -3.71. The molecule has 0 saturated carbocycles. The van der Waals surface area contributed by atoms with E-state index in [0.29, 0.717) is 0 Å². The van der Waals surface area contributed by atoms with Gasteiger partial charge in [-0.1, -0.05) is 18.2 Å². The van der Waals surface area contributed by atoms with Gasteiger partial charge in [0.25, 0.3) is 10.0 Å². The first-order valence-electron chi connectivity index (χ1n) is 6.39. The third-order valence-electron chi connectivity index (χ3n) is 2.78. The second kappa shape index (κ2) is 6.44. The summed E-state index contributed by atoms with van der Waals surface area (Å²) in [6.45, 7) is 0. The molecule has 2 aromatic rings. The van der Waals surface area contributed by atoms with Gasteiger partial charge in [0.2, 0.25) is 0 Å². The van der Waals surface area contributed by atoms with Gasteiger partial charge in [-0.25, -0.2) is 4.21 Å². The molecule has 0 radical (unpaired) electrons. The Morgan fingerprint density at radius 3 is 1.92 bits per heavy atom. The van der Waals surface area contributed by atoms with Gasteiger partial charge >= 0.3 is 6.36 Å². The lowest BCUT2D eigenvalue weighted by atomic mass is 10.3. The minimum atomic E-state index is -4.88. The third-order valence-corrected chi connectivity index (χ3v) is 6.71. The number of ether oxygens (including phenoxy) is 1. The van der Waals surface area contributed by atoms with Crippen molar-refractivity contribution in [3.8, 4) is 5.75 Å².